The van der Waals surface area contributed by atoms with Crippen LogP contribution in [0.1, 0.15) is 17.3 Å². The van der Waals surface area contributed by atoms with E-state index < -0.39 is 9.84 Å². The molecule has 0 N–H and O–H groups in total. The van der Waals surface area contributed by atoms with Gasteiger partial charge in [0.2, 0.25) is 0 Å². The highest BCUT2D eigenvalue weighted by atomic mass is 32.2. The molecule has 3 rings (SSSR count). The lowest BCUT2D eigenvalue weighted by Crippen LogP contribution is -2.19. The van der Waals surface area contributed by atoms with Crippen molar-refractivity contribution in [3.05, 3.63) is 52.8 Å². The van der Waals surface area contributed by atoms with Crippen LogP contribution in [0.2, 0.25) is 0 Å². The molecule has 0 spiro atoms. The molecule has 7 nitrogen and oxygen atoms in total. The van der Waals surface area contributed by atoms with Gasteiger partial charge in [0.1, 0.15) is 5.75 Å². The van der Waals surface area contributed by atoms with Gasteiger partial charge in [-0.05, 0) is 49.4 Å². The standard InChI is InChI=1S/C20H22N2O5S2/c1-4-27-15-7-5-14(6-8-15)19(23)21-20-22(11-12-26-2)17-10-9-16(29(3,24)25)13-18(17)28-20/h5-10,13H,4,11-12H2,1-3H3. The summed E-state index contributed by atoms with van der Waals surface area (Å²) in [5.74, 6) is 0.309. The maximum Gasteiger partial charge on any atom is 0.279 e. The highest BCUT2D eigenvalue weighted by Gasteiger charge is 2.13. The number of nitrogens with zero attached hydrogens (tertiary/aromatic N) is 2. The molecular weight excluding hydrogens is 412 g/mol. The number of amides is 1. The van der Waals surface area contributed by atoms with E-state index in [1.54, 1.807) is 49.6 Å². The van der Waals surface area contributed by atoms with Gasteiger partial charge in [0.25, 0.3) is 5.91 Å². The van der Waals surface area contributed by atoms with Crippen molar-refractivity contribution in [1.29, 1.82) is 0 Å². The fraction of sp³-hybridized carbons (Fsp3) is 0.300. The number of rotatable bonds is 7. The highest BCUT2D eigenvalue weighted by Crippen LogP contribution is 2.22. The van der Waals surface area contributed by atoms with Gasteiger partial charge < -0.3 is 14.0 Å². The van der Waals surface area contributed by atoms with Crippen molar-refractivity contribution in [2.75, 3.05) is 26.6 Å². The Morgan fingerprint density at radius 2 is 1.90 bits per heavy atom. The van der Waals surface area contributed by atoms with Crippen molar-refractivity contribution in [2.24, 2.45) is 4.99 Å². The van der Waals surface area contributed by atoms with Gasteiger partial charge in [-0.15, -0.1) is 0 Å². The normalized spacial score (nSPS) is 12.4. The number of carbonyl (C=O) groups is 1. The van der Waals surface area contributed by atoms with Crippen molar-refractivity contribution in [2.45, 2.75) is 18.4 Å². The minimum atomic E-state index is -3.33. The second-order valence-electron chi connectivity index (χ2n) is 6.31. The minimum absolute atomic E-state index is 0.231. The van der Waals surface area contributed by atoms with Crippen molar-refractivity contribution in [3.8, 4) is 5.75 Å². The van der Waals surface area contributed by atoms with Crippen LogP contribution in [0.4, 0.5) is 0 Å². The van der Waals surface area contributed by atoms with Crippen molar-refractivity contribution >= 4 is 37.3 Å². The number of carbonyl (C=O) groups excluding carboxylic acids is 1. The first-order valence-corrected chi connectivity index (χ1v) is 11.7. The molecule has 0 aliphatic rings. The molecule has 0 aliphatic heterocycles. The van der Waals surface area contributed by atoms with Crippen LogP contribution in [0.5, 0.6) is 5.75 Å². The summed E-state index contributed by atoms with van der Waals surface area (Å²) in [5.41, 5.74) is 1.25. The Bertz CT molecular complexity index is 1190. The van der Waals surface area contributed by atoms with Crippen LogP contribution in [-0.4, -0.2) is 45.5 Å². The summed E-state index contributed by atoms with van der Waals surface area (Å²) in [4.78, 5) is 17.7. The summed E-state index contributed by atoms with van der Waals surface area (Å²) in [6.45, 7) is 3.37. The second kappa shape index (κ2) is 8.89. The average Bonchev–Trinajstić information content (AvgIpc) is 3.02. The molecule has 2 aromatic carbocycles. The lowest BCUT2D eigenvalue weighted by Gasteiger charge is -2.05. The molecule has 0 bridgehead atoms. The van der Waals surface area contributed by atoms with E-state index in [0.29, 0.717) is 35.9 Å². The van der Waals surface area contributed by atoms with E-state index in [9.17, 15) is 13.2 Å². The Balaban J connectivity index is 2.06. The summed E-state index contributed by atoms with van der Waals surface area (Å²) in [7, 11) is -1.73. The van der Waals surface area contributed by atoms with Crippen LogP contribution in [0, 0.1) is 0 Å². The maximum absolute atomic E-state index is 12.7. The van der Waals surface area contributed by atoms with Crippen LogP contribution in [0.3, 0.4) is 0 Å². The molecule has 29 heavy (non-hydrogen) atoms. The van der Waals surface area contributed by atoms with Crippen molar-refractivity contribution < 1.29 is 22.7 Å². The molecule has 0 saturated carbocycles. The number of hydrogen-bond acceptors (Lipinski definition) is 6. The summed E-state index contributed by atoms with van der Waals surface area (Å²) >= 11 is 1.27. The number of sulfone groups is 1. The fourth-order valence-electron chi connectivity index (χ4n) is 2.78. The summed E-state index contributed by atoms with van der Waals surface area (Å²) in [6, 6.07) is 11.7. The Morgan fingerprint density at radius 1 is 1.17 bits per heavy atom. The zero-order valence-corrected chi connectivity index (χ0v) is 18.0. The van der Waals surface area contributed by atoms with E-state index in [1.165, 1.54) is 17.6 Å². The third-order valence-electron chi connectivity index (χ3n) is 4.21. The first-order chi connectivity index (χ1) is 13.8. The Hall–Kier alpha value is -2.49. The van der Waals surface area contributed by atoms with Gasteiger partial charge in [-0.3, -0.25) is 4.79 Å². The van der Waals surface area contributed by atoms with Crippen molar-refractivity contribution in [3.63, 3.8) is 0 Å². The number of thiazole rings is 1. The van der Waals surface area contributed by atoms with E-state index >= 15 is 0 Å². The molecule has 0 radical (unpaired) electrons. The third-order valence-corrected chi connectivity index (χ3v) is 6.36. The average molecular weight is 435 g/mol. The maximum atomic E-state index is 12.7. The molecule has 0 unspecified atom stereocenters. The van der Waals surface area contributed by atoms with Gasteiger partial charge in [0.05, 0.1) is 28.3 Å². The van der Waals surface area contributed by atoms with E-state index in [2.05, 4.69) is 4.99 Å². The monoisotopic (exact) mass is 434 g/mol. The lowest BCUT2D eigenvalue weighted by atomic mass is 10.2. The number of methoxy groups -OCH3 is 1. The number of aromatic nitrogens is 1. The van der Waals surface area contributed by atoms with Gasteiger partial charge >= 0.3 is 0 Å². The predicted octanol–water partition coefficient (Wildman–Crippen LogP) is 2.89. The number of ether oxygens (including phenoxy) is 2. The number of hydrogen-bond donors (Lipinski definition) is 0. The summed E-state index contributed by atoms with van der Waals surface area (Å²) in [6.07, 6.45) is 1.17. The summed E-state index contributed by atoms with van der Waals surface area (Å²) < 4.78 is 36.9. The minimum Gasteiger partial charge on any atom is -0.494 e. The van der Waals surface area contributed by atoms with Gasteiger partial charge in [0.15, 0.2) is 14.6 Å². The SMILES string of the molecule is CCOc1ccc(C(=O)N=c2sc3cc(S(C)(=O)=O)ccc3n2CCOC)cc1. The van der Waals surface area contributed by atoms with E-state index in [4.69, 9.17) is 9.47 Å². The summed E-state index contributed by atoms with van der Waals surface area (Å²) in [5, 5.41) is 0. The molecule has 0 saturated heterocycles. The van der Waals surface area contributed by atoms with Gasteiger partial charge in [-0.1, -0.05) is 11.3 Å². The molecule has 0 atom stereocenters. The van der Waals surface area contributed by atoms with Gasteiger partial charge in [-0.25, -0.2) is 8.42 Å². The Labute approximate surface area is 173 Å². The highest BCUT2D eigenvalue weighted by molar-refractivity contribution is 7.90. The largest absolute Gasteiger partial charge is 0.494 e. The van der Waals surface area contributed by atoms with Crippen LogP contribution in [-0.2, 0) is 21.1 Å². The molecule has 154 valence electrons. The third kappa shape index (κ3) is 4.92. The van der Waals surface area contributed by atoms with E-state index in [1.807, 2.05) is 11.5 Å². The number of benzene rings is 2. The first kappa shape index (κ1) is 21.2. The van der Waals surface area contributed by atoms with Gasteiger partial charge in [0, 0.05) is 25.5 Å². The van der Waals surface area contributed by atoms with E-state index in [0.717, 1.165) is 10.2 Å². The smallest absolute Gasteiger partial charge is 0.279 e. The predicted molar refractivity (Wildman–Crippen MR) is 112 cm³/mol. The molecule has 0 fully saturated rings. The molecule has 1 aromatic heterocycles. The zero-order chi connectivity index (χ0) is 21.0. The van der Waals surface area contributed by atoms with Crippen LogP contribution in [0.15, 0.2) is 52.4 Å². The van der Waals surface area contributed by atoms with Gasteiger partial charge in [-0.2, -0.15) is 4.99 Å². The molecule has 1 amide bonds. The molecule has 3 aromatic rings. The quantitative estimate of drug-likeness (QED) is 0.571. The Kier molecular flexibility index (Phi) is 6.51. The van der Waals surface area contributed by atoms with Crippen LogP contribution < -0.4 is 9.54 Å². The van der Waals surface area contributed by atoms with Crippen LogP contribution >= 0.6 is 11.3 Å². The molecule has 9 heteroatoms. The molecule has 1 heterocycles. The second-order valence-corrected chi connectivity index (χ2v) is 9.33. The molecular formula is C20H22N2O5S2. The van der Waals surface area contributed by atoms with Crippen molar-refractivity contribution in [1.82, 2.24) is 4.57 Å². The number of fused-ring (bicyclic) bond motifs is 1. The fourth-order valence-corrected chi connectivity index (χ4v) is 4.60. The Morgan fingerprint density at radius 3 is 2.52 bits per heavy atom. The lowest BCUT2D eigenvalue weighted by molar-refractivity contribution is 0.0997. The molecule has 0 aliphatic carbocycles. The zero-order valence-electron chi connectivity index (χ0n) is 16.4. The van der Waals surface area contributed by atoms with E-state index in [-0.39, 0.29) is 10.8 Å². The first-order valence-electron chi connectivity index (χ1n) is 8.97. The van der Waals surface area contributed by atoms with Crippen LogP contribution in [0.25, 0.3) is 10.2 Å². The topological polar surface area (TPSA) is 87.0 Å².